The lowest BCUT2D eigenvalue weighted by Gasteiger charge is -2.16. The molecule has 0 fully saturated rings. The summed E-state index contributed by atoms with van der Waals surface area (Å²) in [5.74, 6) is -0.736. The second-order valence-electron chi connectivity index (χ2n) is 3.03. The highest BCUT2D eigenvalue weighted by Crippen LogP contribution is 2.15. The standard InChI is InChI=1S/C6H11Cl2NO2.H3O3P/c1-4(2)3-5(6(10)11)9(7)8;1-4(2)3/h4-5H,3H2,1-2H3,(H,10,11);4H,(H2,1,2,3)/t5-;/m0./s1. The minimum Gasteiger partial charge on any atom is -0.480 e. The van der Waals surface area contributed by atoms with Crippen LogP contribution in [0.1, 0.15) is 20.3 Å². The molecule has 0 saturated heterocycles. The number of carboxylic acids is 1. The molecule has 3 N–H and O–H groups in total. The fourth-order valence-corrected chi connectivity index (χ4v) is 1.04. The molecular formula is C6H14Cl2NO5P. The van der Waals surface area contributed by atoms with Crippen molar-refractivity contribution >= 4 is 37.8 Å². The number of nitrogens with zero attached hydrogens (tertiary/aromatic N) is 1. The van der Waals surface area contributed by atoms with Gasteiger partial charge in [-0.25, -0.2) is 0 Å². The van der Waals surface area contributed by atoms with E-state index in [0.717, 1.165) is 0 Å². The molecule has 0 aliphatic heterocycles. The highest BCUT2D eigenvalue weighted by molar-refractivity contribution is 7.30. The second kappa shape index (κ2) is 9.39. The molecule has 1 atom stereocenters. The predicted molar refractivity (Wildman–Crippen MR) is 57.9 cm³/mol. The lowest BCUT2D eigenvalue weighted by molar-refractivity contribution is -0.140. The summed E-state index contributed by atoms with van der Waals surface area (Å²) in [6.07, 6.45) is 0.447. The maximum absolute atomic E-state index is 10.5. The third-order valence-electron chi connectivity index (χ3n) is 1.22. The van der Waals surface area contributed by atoms with Crippen LogP contribution >= 0.6 is 31.8 Å². The Bertz CT molecular complexity index is 210. The first-order chi connectivity index (χ1) is 6.68. The first-order valence-electron chi connectivity index (χ1n) is 3.94. The lowest BCUT2D eigenvalue weighted by Crippen LogP contribution is -2.30. The van der Waals surface area contributed by atoms with Gasteiger partial charge >= 0.3 is 14.2 Å². The molecule has 0 bridgehead atoms. The molecular weight excluding hydrogens is 268 g/mol. The second-order valence-corrected chi connectivity index (χ2v) is 4.49. The Labute approximate surface area is 98.6 Å². The van der Waals surface area contributed by atoms with Crippen molar-refractivity contribution in [2.24, 2.45) is 5.92 Å². The largest absolute Gasteiger partial charge is 0.480 e. The molecule has 0 aliphatic carbocycles. The number of hydrogen-bond acceptors (Lipinski definition) is 3. The molecule has 0 aromatic heterocycles. The molecule has 9 heteroatoms. The predicted octanol–water partition coefficient (Wildman–Crippen LogP) is 1.46. The van der Waals surface area contributed by atoms with Crippen LogP contribution in [0.4, 0.5) is 0 Å². The van der Waals surface area contributed by atoms with Crippen LogP contribution in [0, 0.1) is 5.92 Å². The van der Waals surface area contributed by atoms with Gasteiger partial charge in [0.05, 0.1) is 0 Å². The third kappa shape index (κ3) is 14.2. The first-order valence-corrected chi connectivity index (χ1v) is 5.91. The maximum Gasteiger partial charge on any atom is 0.323 e. The highest BCUT2D eigenvalue weighted by atomic mass is 35.5. The van der Waals surface area contributed by atoms with Crippen molar-refractivity contribution in [1.29, 1.82) is 0 Å². The summed E-state index contributed by atoms with van der Waals surface area (Å²) >= 11 is 10.6. The van der Waals surface area contributed by atoms with Gasteiger partial charge in [0.2, 0.25) is 0 Å². The Balaban J connectivity index is 0. The van der Waals surface area contributed by atoms with Crippen molar-refractivity contribution in [2.75, 3.05) is 0 Å². The van der Waals surface area contributed by atoms with Crippen LogP contribution in [0.5, 0.6) is 0 Å². The van der Waals surface area contributed by atoms with Crippen LogP contribution in [-0.2, 0) is 9.36 Å². The van der Waals surface area contributed by atoms with Crippen molar-refractivity contribution in [1.82, 2.24) is 3.94 Å². The molecule has 0 aliphatic rings. The van der Waals surface area contributed by atoms with E-state index in [9.17, 15) is 4.79 Å². The summed E-state index contributed by atoms with van der Waals surface area (Å²) in [4.78, 5) is 24.8. The Morgan fingerprint density at radius 3 is 1.80 bits per heavy atom. The van der Waals surface area contributed by atoms with Gasteiger partial charge in [-0.3, -0.25) is 9.36 Å². The van der Waals surface area contributed by atoms with E-state index >= 15 is 0 Å². The molecule has 0 aromatic carbocycles. The first kappa shape index (κ1) is 17.6. The zero-order valence-electron chi connectivity index (χ0n) is 8.22. The van der Waals surface area contributed by atoms with Gasteiger partial charge in [-0.05, 0) is 35.9 Å². The minimum atomic E-state index is -3.13. The number of hydrogen-bond donors (Lipinski definition) is 3. The van der Waals surface area contributed by atoms with Crippen molar-refractivity contribution in [3.63, 3.8) is 0 Å². The van der Waals surface area contributed by atoms with Crippen molar-refractivity contribution < 1.29 is 24.3 Å². The van der Waals surface area contributed by atoms with E-state index < -0.39 is 20.3 Å². The summed E-state index contributed by atoms with van der Waals surface area (Å²) in [6, 6.07) is -0.807. The summed E-state index contributed by atoms with van der Waals surface area (Å²) in [7, 11) is -3.13. The van der Waals surface area contributed by atoms with E-state index in [1.165, 1.54) is 0 Å². The molecule has 15 heavy (non-hydrogen) atoms. The van der Waals surface area contributed by atoms with Crippen molar-refractivity contribution in [3.05, 3.63) is 0 Å². The van der Waals surface area contributed by atoms with Gasteiger partial charge in [-0.1, -0.05) is 13.8 Å². The molecule has 0 saturated carbocycles. The van der Waals surface area contributed by atoms with Gasteiger partial charge in [0.1, 0.15) is 6.04 Å². The average Bonchev–Trinajstić information content (AvgIpc) is 1.97. The number of carboxylic acid groups (broad SMARTS) is 1. The van der Waals surface area contributed by atoms with Gasteiger partial charge < -0.3 is 14.9 Å². The van der Waals surface area contributed by atoms with E-state index in [1.54, 1.807) is 0 Å². The van der Waals surface area contributed by atoms with Crippen LogP contribution < -0.4 is 0 Å². The fourth-order valence-electron chi connectivity index (χ4n) is 0.711. The van der Waals surface area contributed by atoms with Crippen LogP contribution in [0.3, 0.4) is 0 Å². The number of halogens is 2. The van der Waals surface area contributed by atoms with Crippen LogP contribution in [0.2, 0.25) is 0 Å². The molecule has 92 valence electrons. The smallest absolute Gasteiger partial charge is 0.323 e. The molecule has 6 nitrogen and oxygen atoms in total. The quantitative estimate of drug-likeness (QED) is 0.533. The van der Waals surface area contributed by atoms with Crippen LogP contribution in [-0.4, -0.2) is 30.8 Å². The molecule has 0 rings (SSSR count). The lowest BCUT2D eigenvalue weighted by atomic mass is 10.1. The summed E-state index contributed by atoms with van der Waals surface area (Å²) in [5.41, 5.74) is 0. The van der Waals surface area contributed by atoms with Gasteiger partial charge in [-0.2, -0.15) is 0 Å². The molecule has 0 amide bonds. The maximum atomic E-state index is 10.5. The van der Waals surface area contributed by atoms with Gasteiger partial charge in [-0.15, -0.1) is 3.94 Å². The van der Waals surface area contributed by atoms with E-state index in [4.69, 9.17) is 43.0 Å². The van der Waals surface area contributed by atoms with Crippen molar-refractivity contribution in [2.45, 2.75) is 26.3 Å². The molecule has 0 unspecified atom stereocenters. The number of rotatable bonds is 4. The molecule has 0 heterocycles. The Hall–Kier alpha value is 0.160. The normalized spacial score (nSPS) is 12.6. The number of aliphatic carboxylic acids is 1. The molecule has 0 spiro atoms. The Morgan fingerprint density at radius 2 is 1.73 bits per heavy atom. The summed E-state index contributed by atoms with van der Waals surface area (Å²) in [6.45, 7) is 3.82. The van der Waals surface area contributed by atoms with Gasteiger partial charge in [0.15, 0.2) is 0 Å². The van der Waals surface area contributed by atoms with E-state index in [2.05, 4.69) is 0 Å². The fraction of sp³-hybridized carbons (Fsp3) is 0.833. The van der Waals surface area contributed by atoms with E-state index in [1.807, 2.05) is 13.8 Å². The van der Waals surface area contributed by atoms with E-state index in [-0.39, 0.29) is 5.92 Å². The minimum absolute atomic E-state index is 0.260. The monoisotopic (exact) mass is 281 g/mol. The highest BCUT2D eigenvalue weighted by Gasteiger charge is 2.23. The Kier molecular flexibility index (Phi) is 11.0. The Morgan fingerprint density at radius 1 is 1.40 bits per heavy atom. The summed E-state index contributed by atoms with van der Waals surface area (Å²) < 4.78 is 9.42. The third-order valence-corrected chi connectivity index (χ3v) is 1.69. The van der Waals surface area contributed by atoms with Crippen molar-refractivity contribution in [3.8, 4) is 0 Å². The average molecular weight is 282 g/mol. The topological polar surface area (TPSA) is 98.1 Å². The zero-order valence-corrected chi connectivity index (χ0v) is 10.7. The van der Waals surface area contributed by atoms with Crippen LogP contribution in [0.25, 0.3) is 0 Å². The van der Waals surface area contributed by atoms with Crippen LogP contribution in [0.15, 0.2) is 0 Å². The van der Waals surface area contributed by atoms with E-state index in [0.29, 0.717) is 10.4 Å². The zero-order chi connectivity index (χ0) is 12.6. The SMILES string of the molecule is CC(C)C[C@@H](C(=O)O)N(Cl)Cl.O=[PH](O)O. The summed E-state index contributed by atoms with van der Waals surface area (Å²) in [5, 5.41) is 8.58. The molecule has 0 radical (unpaired) electrons. The van der Waals surface area contributed by atoms with Gasteiger partial charge in [0, 0.05) is 0 Å². The molecule has 0 aromatic rings. The van der Waals surface area contributed by atoms with Gasteiger partial charge in [0.25, 0.3) is 0 Å². The number of carbonyl (C=O) groups is 1.